The number of amides is 3. The van der Waals surface area contributed by atoms with Crippen LogP contribution >= 0.6 is 15.9 Å². The van der Waals surface area contributed by atoms with Crippen molar-refractivity contribution in [3.05, 3.63) is 28.7 Å². The highest BCUT2D eigenvalue weighted by Crippen LogP contribution is 2.24. The number of ether oxygens (including phenoxy) is 1. The topological polar surface area (TPSA) is 66.9 Å². The number of benzene rings is 1. The van der Waals surface area contributed by atoms with Gasteiger partial charge in [0.25, 0.3) is 5.91 Å². The fourth-order valence-corrected chi connectivity index (χ4v) is 2.32. The number of carbonyl (C=O) groups excluding carboxylic acids is 3. The molecule has 112 valence electrons. The lowest BCUT2D eigenvalue weighted by atomic mass is 10.3. The van der Waals surface area contributed by atoms with E-state index < -0.39 is 18.0 Å². The van der Waals surface area contributed by atoms with Crippen LogP contribution in [0.15, 0.2) is 28.7 Å². The molecule has 1 atom stereocenters. The van der Waals surface area contributed by atoms with Crippen molar-refractivity contribution in [1.82, 2.24) is 4.90 Å². The van der Waals surface area contributed by atoms with Crippen LogP contribution in [0.1, 0.15) is 13.8 Å². The van der Waals surface area contributed by atoms with Gasteiger partial charge in [-0.1, -0.05) is 15.9 Å². The summed E-state index contributed by atoms with van der Waals surface area (Å²) in [5, 5.41) is 0. The van der Waals surface area contributed by atoms with Gasteiger partial charge in [-0.2, -0.15) is 0 Å². The van der Waals surface area contributed by atoms with Gasteiger partial charge in [-0.25, -0.2) is 14.5 Å². The first-order valence-corrected chi connectivity index (χ1v) is 7.30. The minimum Gasteiger partial charge on any atom is -0.464 e. The molecule has 0 bridgehead atoms. The van der Waals surface area contributed by atoms with Crippen molar-refractivity contribution in [1.29, 1.82) is 0 Å². The molecule has 1 heterocycles. The van der Waals surface area contributed by atoms with Crippen LogP contribution in [0.4, 0.5) is 10.5 Å². The Morgan fingerprint density at radius 3 is 2.52 bits per heavy atom. The average molecular weight is 355 g/mol. The normalized spacial score (nSPS) is 16.3. The molecular formula is C14H15BrN2O4. The van der Waals surface area contributed by atoms with E-state index in [2.05, 4.69) is 15.9 Å². The van der Waals surface area contributed by atoms with Crippen LogP contribution in [0.25, 0.3) is 0 Å². The first-order valence-electron chi connectivity index (χ1n) is 6.51. The van der Waals surface area contributed by atoms with Gasteiger partial charge in [-0.15, -0.1) is 0 Å². The summed E-state index contributed by atoms with van der Waals surface area (Å²) in [6.45, 7) is 3.34. The number of urea groups is 1. The Balaban J connectivity index is 2.20. The Kier molecular flexibility index (Phi) is 4.62. The third-order valence-corrected chi connectivity index (χ3v) is 3.70. The second kappa shape index (κ2) is 6.26. The van der Waals surface area contributed by atoms with Crippen LogP contribution in [0.2, 0.25) is 0 Å². The number of halogens is 1. The minimum atomic E-state index is -0.790. The predicted molar refractivity (Wildman–Crippen MR) is 79.8 cm³/mol. The van der Waals surface area contributed by atoms with Crippen LogP contribution < -0.4 is 4.90 Å². The van der Waals surface area contributed by atoms with Crippen molar-refractivity contribution < 1.29 is 19.1 Å². The van der Waals surface area contributed by atoms with Crippen molar-refractivity contribution in [2.75, 3.05) is 18.1 Å². The monoisotopic (exact) mass is 354 g/mol. The van der Waals surface area contributed by atoms with Crippen molar-refractivity contribution in [3.8, 4) is 0 Å². The van der Waals surface area contributed by atoms with Gasteiger partial charge in [-0.05, 0) is 38.1 Å². The zero-order valence-electron chi connectivity index (χ0n) is 11.7. The highest BCUT2D eigenvalue weighted by Gasteiger charge is 2.41. The maximum atomic E-state index is 12.4. The van der Waals surface area contributed by atoms with E-state index in [-0.39, 0.29) is 19.1 Å². The largest absolute Gasteiger partial charge is 0.464 e. The summed E-state index contributed by atoms with van der Waals surface area (Å²) in [4.78, 5) is 38.4. The first kappa shape index (κ1) is 15.5. The van der Waals surface area contributed by atoms with Gasteiger partial charge in [0.05, 0.1) is 12.3 Å². The first-order chi connectivity index (χ1) is 9.95. The van der Waals surface area contributed by atoms with Gasteiger partial charge in [0.2, 0.25) is 0 Å². The molecule has 1 aromatic rings. The third-order valence-electron chi connectivity index (χ3n) is 3.17. The molecule has 6 nitrogen and oxygen atoms in total. The number of hydrogen-bond donors (Lipinski definition) is 0. The van der Waals surface area contributed by atoms with Crippen molar-refractivity contribution >= 4 is 39.5 Å². The van der Waals surface area contributed by atoms with E-state index in [1.165, 1.54) is 4.90 Å². The second-order valence-corrected chi connectivity index (χ2v) is 5.46. The van der Waals surface area contributed by atoms with Crippen LogP contribution in [-0.4, -0.2) is 42.0 Å². The van der Waals surface area contributed by atoms with Gasteiger partial charge in [-0.3, -0.25) is 4.79 Å². The maximum Gasteiger partial charge on any atom is 0.332 e. The van der Waals surface area contributed by atoms with E-state index in [1.54, 1.807) is 38.1 Å². The van der Waals surface area contributed by atoms with Gasteiger partial charge in [0.15, 0.2) is 0 Å². The standard InChI is InChI=1S/C14H15BrN2O4/c1-3-21-13(19)9(2)16-8-12(18)17(14(16)20)11-6-4-10(15)5-7-11/h4-7,9H,3,8H2,1-2H3. The molecule has 1 saturated heterocycles. The Morgan fingerprint density at radius 2 is 1.95 bits per heavy atom. The zero-order chi connectivity index (χ0) is 15.6. The number of nitrogens with zero attached hydrogens (tertiary/aromatic N) is 2. The molecule has 3 amide bonds. The van der Waals surface area contributed by atoms with Crippen LogP contribution in [-0.2, 0) is 14.3 Å². The Labute approximate surface area is 130 Å². The summed E-state index contributed by atoms with van der Waals surface area (Å²) < 4.78 is 5.74. The van der Waals surface area contributed by atoms with Gasteiger partial charge in [0.1, 0.15) is 12.6 Å². The molecule has 21 heavy (non-hydrogen) atoms. The molecule has 0 spiro atoms. The van der Waals surface area contributed by atoms with Gasteiger partial charge >= 0.3 is 12.0 Å². The highest BCUT2D eigenvalue weighted by molar-refractivity contribution is 9.10. The van der Waals surface area contributed by atoms with Gasteiger partial charge < -0.3 is 9.64 Å². The molecule has 0 aromatic heterocycles. The molecule has 1 unspecified atom stereocenters. The Morgan fingerprint density at radius 1 is 1.33 bits per heavy atom. The summed E-state index contributed by atoms with van der Waals surface area (Å²) >= 11 is 3.30. The Hall–Kier alpha value is -1.89. The fourth-order valence-electron chi connectivity index (χ4n) is 2.06. The fraction of sp³-hybridized carbons (Fsp3) is 0.357. The molecule has 1 fully saturated rings. The molecule has 7 heteroatoms. The number of imide groups is 1. The Bertz CT molecular complexity index is 573. The van der Waals surface area contributed by atoms with E-state index in [1.807, 2.05) is 0 Å². The molecule has 0 saturated carbocycles. The predicted octanol–water partition coefficient (Wildman–Crippen LogP) is 2.17. The number of rotatable bonds is 4. The van der Waals surface area contributed by atoms with E-state index in [9.17, 15) is 14.4 Å². The quantitative estimate of drug-likeness (QED) is 0.613. The maximum absolute atomic E-state index is 12.4. The summed E-state index contributed by atoms with van der Waals surface area (Å²) in [7, 11) is 0. The number of anilines is 1. The number of carbonyl (C=O) groups is 3. The van der Waals surface area contributed by atoms with Crippen molar-refractivity contribution in [3.63, 3.8) is 0 Å². The third kappa shape index (κ3) is 3.07. The molecule has 2 rings (SSSR count). The zero-order valence-corrected chi connectivity index (χ0v) is 13.3. The van der Waals surface area contributed by atoms with E-state index >= 15 is 0 Å². The summed E-state index contributed by atoms with van der Waals surface area (Å²) in [6, 6.07) is 5.52. The molecule has 0 N–H and O–H groups in total. The smallest absolute Gasteiger partial charge is 0.332 e. The highest BCUT2D eigenvalue weighted by atomic mass is 79.9. The van der Waals surface area contributed by atoms with E-state index in [0.29, 0.717) is 5.69 Å². The number of hydrogen-bond acceptors (Lipinski definition) is 4. The van der Waals surface area contributed by atoms with E-state index in [4.69, 9.17) is 4.74 Å². The molecule has 1 aromatic carbocycles. The molecule has 0 aliphatic carbocycles. The molecule has 1 aliphatic heterocycles. The second-order valence-electron chi connectivity index (χ2n) is 4.54. The summed E-state index contributed by atoms with van der Waals surface area (Å²) in [5.41, 5.74) is 0.478. The minimum absolute atomic E-state index is 0.130. The van der Waals surface area contributed by atoms with Crippen molar-refractivity contribution in [2.24, 2.45) is 0 Å². The molecular weight excluding hydrogens is 340 g/mol. The van der Waals surface area contributed by atoms with E-state index in [0.717, 1.165) is 9.37 Å². The van der Waals surface area contributed by atoms with Gasteiger partial charge in [0, 0.05) is 4.47 Å². The lowest BCUT2D eigenvalue weighted by Gasteiger charge is -2.22. The number of esters is 1. The van der Waals surface area contributed by atoms with Crippen LogP contribution in [0, 0.1) is 0 Å². The van der Waals surface area contributed by atoms with Crippen LogP contribution in [0.5, 0.6) is 0 Å². The molecule has 1 aliphatic rings. The summed E-state index contributed by atoms with van der Waals surface area (Å²) in [5.74, 6) is -0.880. The lowest BCUT2D eigenvalue weighted by molar-refractivity contribution is -0.147. The van der Waals surface area contributed by atoms with Crippen molar-refractivity contribution in [2.45, 2.75) is 19.9 Å². The SMILES string of the molecule is CCOC(=O)C(C)N1CC(=O)N(c2ccc(Br)cc2)C1=O. The average Bonchev–Trinajstić information content (AvgIpc) is 2.75. The molecule has 0 radical (unpaired) electrons. The summed E-state index contributed by atoms with van der Waals surface area (Å²) in [6.07, 6.45) is 0. The van der Waals surface area contributed by atoms with Crippen LogP contribution in [0.3, 0.4) is 0 Å². The lowest BCUT2D eigenvalue weighted by Crippen LogP contribution is -2.43.